The number of nitrogens with one attached hydrogen (secondary N) is 1. The van der Waals surface area contributed by atoms with Crippen molar-refractivity contribution in [2.24, 2.45) is 0 Å². The van der Waals surface area contributed by atoms with Crippen molar-refractivity contribution in [2.75, 3.05) is 11.5 Å². The molecule has 0 bridgehead atoms. The highest BCUT2D eigenvalue weighted by atomic mass is 32.2. The van der Waals surface area contributed by atoms with E-state index < -0.39 is 0 Å². The van der Waals surface area contributed by atoms with Crippen LogP contribution in [0, 0.1) is 0 Å². The highest BCUT2D eigenvalue weighted by molar-refractivity contribution is 7.99. The minimum atomic E-state index is -0.0211. The average molecular weight is 388 g/mol. The maximum absolute atomic E-state index is 12.0. The fourth-order valence-electron chi connectivity index (χ4n) is 2.43. The molecule has 0 fully saturated rings. The van der Waals surface area contributed by atoms with Gasteiger partial charge in [0.1, 0.15) is 0 Å². The van der Waals surface area contributed by atoms with Crippen LogP contribution in [0.5, 0.6) is 0 Å². The van der Waals surface area contributed by atoms with E-state index >= 15 is 0 Å². The molecule has 1 amide bonds. The summed E-state index contributed by atoms with van der Waals surface area (Å²) in [7, 11) is 0. The third-order valence-electron chi connectivity index (χ3n) is 3.71. The standard InChI is InChI=1S/C16H16N6O2S2/c23-13(18-9-12-10-22-6-8-25-15(22)19-12)3-7-26-16-21-20-14(24-16)11-1-4-17-5-2-11/h1-2,4-5,10H,3,6-9H2,(H,18,23). The summed E-state index contributed by atoms with van der Waals surface area (Å²) in [5.74, 6) is 2.07. The number of hydrogen-bond donors (Lipinski definition) is 1. The summed E-state index contributed by atoms with van der Waals surface area (Å²) in [5.41, 5.74) is 1.72. The van der Waals surface area contributed by atoms with Gasteiger partial charge in [-0.1, -0.05) is 23.5 Å². The Labute approximate surface area is 158 Å². The number of pyridine rings is 1. The van der Waals surface area contributed by atoms with Gasteiger partial charge >= 0.3 is 0 Å². The van der Waals surface area contributed by atoms with Crippen LogP contribution >= 0.6 is 23.5 Å². The van der Waals surface area contributed by atoms with E-state index in [0.717, 1.165) is 28.7 Å². The highest BCUT2D eigenvalue weighted by Gasteiger charge is 2.15. The fraction of sp³-hybridized carbons (Fsp3) is 0.312. The van der Waals surface area contributed by atoms with Gasteiger partial charge in [-0.05, 0) is 12.1 Å². The maximum atomic E-state index is 12.0. The Morgan fingerprint density at radius 2 is 2.23 bits per heavy atom. The number of thioether (sulfide) groups is 2. The molecule has 3 aromatic rings. The van der Waals surface area contributed by atoms with Crippen LogP contribution in [0.25, 0.3) is 11.5 Å². The number of carbonyl (C=O) groups excluding carboxylic acids is 1. The van der Waals surface area contributed by atoms with Gasteiger partial charge in [0.2, 0.25) is 11.8 Å². The summed E-state index contributed by atoms with van der Waals surface area (Å²) < 4.78 is 7.70. The zero-order valence-corrected chi connectivity index (χ0v) is 15.4. The van der Waals surface area contributed by atoms with Gasteiger partial charge in [0.15, 0.2) is 5.16 Å². The molecule has 4 heterocycles. The van der Waals surface area contributed by atoms with E-state index in [0.29, 0.717) is 29.8 Å². The van der Waals surface area contributed by atoms with Crippen molar-refractivity contribution in [1.82, 2.24) is 30.0 Å². The van der Waals surface area contributed by atoms with Crippen LogP contribution in [0.2, 0.25) is 0 Å². The molecule has 26 heavy (non-hydrogen) atoms. The fourth-order valence-corrected chi connectivity index (χ4v) is 4.10. The third-order valence-corrected chi connectivity index (χ3v) is 5.50. The van der Waals surface area contributed by atoms with Gasteiger partial charge < -0.3 is 14.3 Å². The van der Waals surface area contributed by atoms with Gasteiger partial charge in [0, 0.05) is 48.6 Å². The lowest BCUT2D eigenvalue weighted by molar-refractivity contribution is -0.120. The van der Waals surface area contributed by atoms with Crippen molar-refractivity contribution in [1.29, 1.82) is 0 Å². The zero-order valence-electron chi connectivity index (χ0n) is 13.8. The summed E-state index contributed by atoms with van der Waals surface area (Å²) in [4.78, 5) is 20.4. The molecule has 1 aliphatic rings. The van der Waals surface area contributed by atoms with Crippen molar-refractivity contribution in [3.8, 4) is 11.5 Å². The number of aryl methyl sites for hydroxylation is 1. The molecule has 0 atom stereocenters. The molecule has 4 rings (SSSR count). The summed E-state index contributed by atoms with van der Waals surface area (Å²) in [5, 5.41) is 12.4. The summed E-state index contributed by atoms with van der Waals surface area (Å²) in [6.45, 7) is 1.44. The normalized spacial score (nSPS) is 12.9. The Hall–Kier alpha value is -2.33. The van der Waals surface area contributed by atoms with Crippen LogP contribution in [0.4, 0.5) is 0 Å². The molecule has 1 aliphatic heterocycles. The maximum Gasteiger partial charge on any atom is 0.276 e. The molecular formula is C16H16N6O2S2. The molecule has 0 aliphatic carbocycles. The quantitative estimate of drug-likeness (QED) is 0.615. The minimum Gasteiger partial charge on any atom is -0.411 e. The van der Waals surface area contributed by atoms with E-state index in [1.54, 1.807) is 36.3 Å². The van der Waals surface area contributed by atoms with Crippen LogP contribution in [0.1, 0.15) is 12.1 Å². The number of imidazole rings is 1. The largest absolute Gasteiger partial charge is 0.411 e. The number of hydrogen-bond acceptors (Lipinski definition) is 8. The first-order valence-corrected chi connectivity index (χ1v) is 10.1. The summed E-state index contributed by atoms with van der Waals surface area (Å²) in [6.07, 6.45) is 5.72. The Kier molecular flexibility index (Phi) is 5.21. The van der Waals surface area contributed by atoms with E-state index in [4.69, 9.17) is 4.42 Å². The molecule has 0 saturated heterocycles. The molecule has 134 valence electrons. The van der Waals surface area contributed by atoms with E-state index in [1.807, 2.05) is 6.20 Å². The molecule has 10 heteroatoms. The average Bonchev–Trinajstić information content (AvgIpc) is 3.37. The lowest BCUT2D eigenvalue weighted by atomic mass is 10.3. The Bertz CT molecular complexity index is 874. The Balaban J connectivity index is 1.20. The molecule has 0 unspecified atom stereocenters. The van der Waals surface area contributed by atoms with Gasteiger partial charge in [-0.2, -0.15) is 0 Å². The highest BCUT2D eigenvalue weighted by Crippen LogP contribution is 2.25. The molecule has 8 nitrogen and oxygen atoms in total. The number of fused-ring (bicyclic) bond motifs is 1. The molecule has 3 aromatic heterocycles. The van der Waals surface area contributed by atoms with Crippen LogP contribution in [0.15, 0.2) is 45.5 Å². The Morgan fingerprint density at radius 3 is 3.08 bits per heavy atom. The summed E-state index contributed by atoms with van der Waals surface area (Å²) >= 11 is 3.11. The SMILES string of the molecule is O=C(CCSc1nnc(-c2ccncc2)o1)NCc1cn2c(n1)SCC2. The van der Waals surface area contributed by atoms with Crippen molar-refractivity contribution in [3.05, 3.63) is 36.4 Å². The van der Waals surface area contributed by atoms with Crippen LogP contribution < -0.4 is 5.32 Å². The number of amides is 1. The van der Waals surface area contributed by atoms with Crippen molar-refractivity contribution in [3.63, 3.8) is 0 Å². The van der Waals surface area contributed by atoms with Crippen molar-refractivity contribution < 1.29 is 9.21 Å². The van der Waals surface area contributed by atoms with E-state index in [1.165, 1.54) is 11.8 Å². The van der Waals surface area contributed by atoms with Gasteiger partial charge in [-0.25, -0.2) is 4.98 Å². The van der Waals surface area contributed by atoms with E-state index in [9.17, 15) is 4.79 Å². The van der Waals surface area contributed by atoms with Gasteiger partial charge in [-0.15, -0.1) is 10.2 Å². The Morgan fingerprint density at radius 1 is 1.35 bits per heavy atom. The van der Waals surface area contributed by atoms with Crippen LogP contribution in [-0.2, 0) is 17.9 Å². The van der Waals surface area contributed by atoms with Gasteiger partial charge in [-0.3, -0.25) is 9.78 Å². The first-order chi connectivity index (χ1) is 12.8. The lowest BCUT2D eigenvalue weighted by Gasteiger charge is -2.02. The second-order valence-corrected chi connectivity index (χ2v) is 7.65. The van der Waals surface area contributed by atoms with Crippen LogP contribution in [-0.4, -0.2) is 42.1 Å². The first-order valence-electron chi connectivity index (χ1n) is 8.10. The summed E-state index contributed by atoms with van der Waals surface area (Å²) in [6, 6.07) is 3.61. The monoisotopic (exact) mass is 388 g/mol. The smallest absolute Gasteiger partial charge is 0.276 e. The molecule has 0 saturated carbocycles. The van der Waals surface area contributed by atoms with Crippen LogP contribution in [0.3, 0.4) is 0 Å². The van der Waals surface area contributed by atoms with Crippen molar-refractivity contribution >= 4 is 29.4 Å². The first kappa shape index (κ1) is 17.1. The van der Waals surface area contributed by atoms with Gasteiger partial charge in [0.05, 0.1) is 12.2 Å². The second-order valence-electron chi connectivity index (χ2n) is 5.54. The lowest BCUT2D eigenvalue weighted by Crippen LogP contribution is -2.23. The van der Waals surface area contributed by atoms with E-state index in [2.05, 4.69) is 30.0 Å². The number of aromatic nitrogens is 5. The number of nitrogens with zero attached hydrogens (tertiary/aromatic N) is 5. The van der Waals surface area contributed by atoms with Crippen molar-refractivity contribution in [2.45, 2.75) is 29.9 Å². The molecule has 0 aromatic carbocycles. The second kappa shape index (κ2) is 7.92. The predicted octanol–water partition coefficient (Wildman–Crippen LogP) is 2.23. The predicted molar refractivity (Wildman–Crippen MR) is 97.7 cm³/mol. The van der Waals surface area contributed by atoms with E-state index in [-0.39, 0.29) is 5.91 Å². The number of rotatable bonds is 7. The molecule has 0 radical (unpaired) electrons. The molecule has 0 spiro atoms. The zero-order chi connectivity index (χ0) is 17.8. The topological polar surface area (TPSA) is 98.7 Å². The molecule has 1 N–H and O–H groups in total. The molecular weight excluding hydrogens is 372 g/mol. The van der Waals surface area contributed by atoms with Gasteiger partial charge in [0.25, 0.3) is 5.22 Å². The number of carbonyl (C=O) groups is 1. The third kappa shape index (κ3) is 4.07. The minimum absolute atomic E-state index is 0.0211.